The van der Waals surface area contributed by atoms with Gasteiger partial charge >= 0.3 is 0 Å². The van der Waals surface area contributed by atoms with E-state index < -0.39 is 6.10 Å². The first-order valence-corrected chi connectivity index (χ1v) is 12.6. The molecule has 1 aromatic carbocycles. The maximum Gasteiger partial charge on any atom is 0.247 e. The number of Topliss-reactive ketones (excluding diaryl/α,β-unsaturated/α-hetero) is 1. The van der Waals surface area contributed by atoms with Crippen molar-refractivity contribution in [3.63, 3.8) is 0 Å². The van der Waals surface area contributed by atoms with Crippen LogP contribution >= 0.6 is 0 Å². The number of carbonyl (C=O) groups excluding carboxylic acids is 2. The molecule has 0 radical (unpaired) electrons. The third-order valence-corrected chi connectivity index (χ3v) is 7.94. The average molecular weight is 467 g/mol. The number of aliphatic hydroxyl groups is 1. The van der Waals surface area contributed by atoms with Crippen LogP contribution in [0, 0.1) is 32.1 Å². The van der Waals surface area contributed by atoms with E-state index in [1.165, 1.54) is 5.56 Å². The summed E-state index contributed by atoms with van der Waals surface area (Å²) in [6, 6.07) is 4.11. The van der Waals surface area contributed by atoms with E-state index in [-0.39, 0.29) is 18.3 Å². The van der Waals surface area contributed by atoms with Crippen LogP contribution in [0.15, 0.2) is 12.1 Å². The number of benzene rings is 1. The predicted molar refractivity (Wildman–Crippen MR) is 132 cm³/mol. The van der Waals surface area contributed by atoms with E-state index in [9.17, 15) is 14.7 Å². The lowest BCUT2D eigenvalue weighted by Crippen LogP contribution is -2.19. The number of carbonyl (C=O) groups is 2. The van der Waals surface area contributed by atoms with Crippen molar-refractivity contribution >= 4 is 11.7 Å². The van der Waals surface area contributed by atoms with Gasteiger partial charge in [0.15, 0.2) is 0 Å². The number of hydrogen-bond acceptors (Lipinski definition) is 5. The molecule has 3 unspecified atom stereocenters. The molecule has 2 aliphatic rings. The molecule has 3 atom stereocenters. The van der Waals surface area contributed by atoms with Gasteiger partial charge in [0.25, 0.3) is 0 Å². The third kappa shape index (κ3) is 4.57. The molecule has 0 bridgehead atoms. The minimum atomic E-state index is -0.664. The molecule has 6 nitrogen and oxygen atoms in total. The molecular weight excluding hydrogens is 428 g/mol. The van der Waals surface area contributed by atoms with Crippen LogP contribution in [-0.2, 0) is 17.6 Å². The van der Waals surface area contributed by atoms with E-state index in [4.69, 9.17) is 4.74 Å². The van der Waals surface area contributed by atoms with Gasteiger partial charge in [0.1, 0.15) is 18.1 Å². The third-order valence-electron chi connectivity index (χ3n) is 7.94. The maximum absolute atomic E-state index is 13.0. The number of ketones is 1. The molecule has 184 valence electrons. The van der Waals surface area contributed by atoms with E-state index in [2.05, 4.69) is 31.1 Å². The first-order chi connectivity index (χ1) is 16.0. The summed E-state index contributed by atoms with van der Waals surface area (Å²) in [5.74, 6) is 2.19. The molecule has 1 heterocycles. The fourth-order valence-corrected chi connectivity index (χ4v) is 5.84. The molecule has 1 N–H and O–H groups in total. The summed E-state index contributed by atoms with van der Waals surface area (Å²) in [6.45, 7) is 12.6. The van der Waals surface area contributed by atoms with Crippen molar-refractivity contribution in [1.82, 2.24) is 9.78 Å². The van der Waals surface area contributed by atoms with Gasteiger partial charge in [0.05, 0.1) is 17.5 Å². The van der Waals surface area contributed by atoms with Gasteiger partial charge < -0.3 is 9.84 Å². The van der Waals surface area contributed by atoms with Gasteiger partial charge in [-0.2, -0.15) is 5.10 Å². The zero-order valence-electron chi connectivity index (χ0n) is 21.4. The van der Waals surface area contributed by atoms with Gasteiger partial charge in [-0.15, -0.1) is 0 Å². The Morgan fingerprint density at radius 3 is 2.53 bits per heavy atom. The summed E-state index contributed by atoms with van der Waals surface area (Å²) in [7, 11) is 0. The number of aromatic nitrogens is 2. The minimum Gasteiger partial charge on any atom is -0.490 e. The number of hydrogen-bond donors (Lipinski definition) is 1. The Bertz CT molecular complexity index is 1090. The number of nitrogens with zero attached hydrogens (tertiary/aromatic N) is 2. The van der Waals surface area contributed by atoms with Crippen LogP contribution in [0.2, 0.25) is 0 Å². The normalized spacial score (nSPS) is 20.6. The summed E-state index contributed by atoms with van der Waals surface area (Å²) in [5.41, 5.74) is 6.86. The van der Waals surface area contributed by atoms with Gasteiger partial charge in [0.2, 0.25) is 5.91 Å². The number of ether oxygens (including phenoxy) is 1. The smallest absolute Gasteiger partial charge is 0.247 e. The fourth-order valence-electron chi connectivity index (χ4n) is 5.84. The number of fused-ring (bicyclic) bond motifs is 3. The Morgan fingerprint density at radius 2 is 1.88 bits per heavy atom. The Hall–Kier alpha value is -2.47. The summed E-state index contributed by atoms with van der Waals surface area (Å²) in [5, 5.41) is 14.7. The molecule has 0 amide bonds. The molecule has 1 fully saturated rings. The van der Waals surface area contributed by atoms with Crippen molar-refractivity contribution < 1.29 is 19.4 Å². The Kier molecular flexibility index (Phi) is 6.74. The molecule has 34 heavy (non-hydrogen) atoms. The van der Waals surface area contributed by atoms with Crippen LogP contribution in [0.1, 0.15) is 90.8 Å². The zero-order chi connectivity index (χ0) is 24.8. The van der Waals surface area contributed by atoms with Gasteiger partial charge in [-0.05, 0) is 74.0 Å². The SMILES string of the molecule is CCC(=O)CCC(O)COc1c(C)cc(CCC(=O)n2nc(C)c3c2CC2C3C2(C)C)cc1C. The monoisotopic (exact) mass is 466 g/mol. The molecular formula is C28H38N2O4. The molecule has 4 rings (SSSR count). The molecule has 0 saturated heterocycles. The average Bonchev–Trinajstić information content (AvgIpc) is 3.10. The number of rotatable bonds is 10. The van der Waals surface area contributed by atoms with Gasteiger partial charge in [-0.25, -0.2) is 4.68 Å². The second-order valence-corrected chi connectivity index (χ2v) is 10.8. The first-order valence-electron chi connectivity index (χ1n) is 12.6. The molecule has 2 aromatic rings. The van der Waals surface area contributed by atoms with Crippen LogP contribution in [0.4, 0.5) is 0 Å². The lowest BCUT2D eigenvalue weighted by Gasteiger charge is -2.17. The van der Waals surface area contributed by atoms with Crippen LogP contribution < -0.4 is 4.74 Å². The molecule has 2 aliphatic carbocycles. The van der Waals surface area contributed by atoms with Crippen LogP contribution in [0.5, 0.6) is 5.75 Å². The lowest BCUT2D eigenvalue weighted by molar-refractivity contribution is -0.119. The molecule has 0 aliphatic heterocycles. The van der Waals surface area contributed by atoms with Crippen molar-refractivity contribution in [2.75, 3.05) is 6.61 Å². The second-order valence-electron chi connectivity index (χ2n) is 10.8. The summed E-state index contributed by atoms with van der Waals surface area (Å²) in [4.78, 5) is 24.5. The van der Waals surface area contributed by atoms with Gasteiger partial charge in [-0.1, -0.05) is 32.9 Å². The van der Waals surface area contributed by atoms with Gasteiger partial charge in [0, 0.05) is 24.8 Å². The van der Waals surface area contributed by atoms with E-state index in [0.717, 1.165) is 40.2 Å². The van der Waals surface area contributed by atoms with Crippen LogP contribution in [-0.4, -0.2) is 39.3 Å². The second kappa shape index (κ2) is 9.29. The number of aryl methyl sites for hydroxylation is 4. The summed E-state index contributed by atoms with van der Waals surface area (Å²) >= 11 is 0. The highest BCUT2D eigenvalue weighted by atomic mass is 16.5. The molecule has 1 aromatic heterocycles. The topological polar surface area (TPSA) is 81.4 Å². The molecule has 0 spiro atoms. The number of aliphatic hydroxyl groups excluding tert-OH is 1. The van der Waals surface area contributed by atoms with E-state index in [1.807, 2.05) is 27.7 Å². The molecule has 6 heteroatoms. The maximum atomic E-state index is 13.0. The Labute approximate surface area is 202 Å². The highest BCUT2D eigenvalue weighted by Crippen LogP contribution is 2.70. The Balaban J connectivity index is 1.35. The van der Waals surface area contributed by atoms with Crippen molar-refractivity contribution in [1.29, 1.82) is 0 Å². The first kappa shape index (κ1) is 24.6. The highest BCUT2D eigenvalue weighted by Gasteiger charge is 2.64. The van der Waals surface area contributed by atoms with Crippen LogP contribution in [0.25, 0.3) is 0 Å². The van der Waals surface area contributed by atoms with E-state index in [0.29, 0.717) is 49.4 Å². The quantitative estimate of drug-likeness (QED) is 0.540. The zero-order valence-corrected chi connectivity index (χ0v) is 21.4. The van der Waals surface area contributed by atoms with Crippen molar-refractivity contribution in [3.8, 4) is 5.75 Å². The van der Waals surface area contributed by atoms with E-state index in [1.54, 1.807) is 4.68 Å². The van der Waals surface area contributed by atoms with Crippen LogP contribution in [0.3, 0.4) is 0 Å². The van der Waals surface area contributed by atoms with E-state index >= 15 is 0 Å². The highest BCUT2D eigenvalue weighted by molar-refractivity contribution is 5.80. The fraction of sp³-hybridized carbons (Fsp3) is 0.607. The standard InChI is InChI=1S/C28H38N2O4/c1-7-20(31)9-10-21(32)15-34-27-16(2)12-19(13-17(27)3)8-11-24(33)30-23-14-22-26(28(22,5)6)25(23)18(4)29-30/h12-13,21-22,26,32H,7-11,14-15H2,1-6H3. The lowest BCUT2D eigenvalue weighted by atomic mass is 9.98. The summed E-state index contributed by atoms with van der Waals surface area (Å²) < 4.78 is 7.56. The van der Waals surface area contributed by atoms with Crippen molar-refractivity contribution in [3.05, 3.63) is 45.8 Å². The largest absolute Gasteiger partial charge is 0.490 e. The van der Waals surface area contributed by atoms with Gasteiger partial charge in [-0.3, -0.25) is 9.59 Å². The molecule has 1 saturated carbocycles. The van der Waals surface area contributed by atoms with Crippen molar-refractivity contribution in [2.45, 2.75) is 92.1 Å². The Morgan fingerprint density at radius 1 is 1.21 bits per heavy atom. The summed E-state index contributed by atoms with van der Waals surface area (Å²) in [6.07, 6.45) is 2.65. The van der Waals surface area contributed by atoms with Crippen molar-refractivity contribution in [2.24, 2.45) is 11.3 Å². The predicted octanol–water partition coefficient (Wildman–Crippen LogP) is 4.88. The minimum absolute atomic E-state index is 0.0591.